The summed E-state index contributed by atoms with van der Waals surface area (Å²) in [6.07, 6.45) is 14.2. The van der Waals surface area contributed by atoms with Crippen LogP contribution in [-0.2, 0) is 13.0 Å². The molecule has 4 rings (SSSR count). The first-order valence-corrected chi connectivity index (χ1v) is 10.3. The van der Waals surface area contributed by atoms with E-state index in [0.29, 0.717) is 6.54 Å². The molecule has 6 nitrogen and oxygen atoms in total. The minimum Gasteiger partial charge on any atom is -0.508 e. The summed E-state index contributed by atoms with van der Waals surface area (Å²) in [5.74, 6) is 0.272. The Morgan fingerprint density at radius 3 is 2.73 bits per heavy atom. The van der Waals surface area contributed by atoms with Gasteiger partial charge in [-0.3, -0.25) is 9.25 Å². The number of aromatic nitrogens is 4. The quantitative estimate of drug-likeness (QED) is 0.386. The van der Waals surface area contributed by atoms with Gasteiger partial charge in [-0.15, -0.1) is 0 Å². The summed E-state index contributed by atoms with van der Waals surface area (Å²) in [5, 5.41) is 18.2. The van der Waals surface area contributed by atoms with E-state index in [1.165, 1.54) is 12.0 Å². The van der Waals surface area contributed by atoms with Crippen molar-refractivity contribution in [2.24, 2.45) is 0 Å². The average molecular weight is 402 g/mol. The van der Waals surface area contributed by atoms with Gasteiger partial charge in [-0.25, -0.2) is 4.98 Å². The number of unbranched alkanes of at least 4 members (excludes halogenated alkanes) is 2. The van der Waals surface area contributed by atoms with Crippen molar-refractivity contribution < 1.29 is 5.11 Å². The molecule has 0 amide bonds. The lowest BCUT2D eigenvalue weighted by Crippen LogP contribution is -2.05. The molecule has 2 N–H and O–H groups in total. The zero-order valence-corrected chi connectivity index (χ0v) is 17.0. The highest BCUT2D eigenvalue weighted by Gasteiger charge is 2.08. The molecule has 0 unspecified atom stereocenters. The molecule has 0 aliphatic heterocycles. The summed E-state index contributed by atoms with van der Waals surface area (Å²) in [4.78, 5) is 4.72. The number of fused-ring (bicyclic) bond motifs is 1. The maximum atomic E-state index is 9.42. The van der Waals surface area contributed by atoms with Crippen LogP contribution >= 0.6 is 0 Å². The highest BCUT2D eigenvalue weighted by Crippen LogP contribution is 2.21. The molecule has 1 aromatic carbocycles. The Kier molecular flexibility index (Phi) is 6.13. The lowest BCUT2D eigenvalue weighted by atomic mass is 10.1. The third-order valence-corrected chi connectivity index (χ3v) is 5.19. The molecule has 0 atom stereocenters. The van der Waals surface area contributed by atoms with Gasteiger partial charge in [-0.1, -0.05) is 25.1 Å². The van der Waals surface area contributed by atoms with Gasteiger partial charge in [0.2, 0.25) is 0 Å². The molecule has 0 fully saturated rings. The van der Waals surface area contributed by atoms with Crippen LogP contribution in [0.2, 0.25) is 0 Å². The number of nitrogens with one attached hydrogen (secondary N) is 1. The minimum absolute atomic E-state index is 0.272. The van der Waals surface area contributed by atoms with E-state index in [1.807, 2.05) is 41.6 Å². The van der Waals surface area contributed by atoms with Crippen LogP contribution in [-0.4, -0.2) is 31.0 Å². The molecule has 154 valence electrons. The SMILES string of the molecule is C=CNCCCCCc1cnc2c(ccn2-c2cnn(Cc3ccc(O)cc3)c2)c1. The van der Waals surface area contributed by atoms with Crippen LogP contribution in [0.25, 0.3) is 16.7 Å². The van der Waals surface area contributed by atoms with Crippen molar-refractivity contribution in [3.63, 3.8) is 0 Å². The van der Waals surface area contributed by atoms with Crippen LogP contribution in [0.1, 0.15) is 30.4 Å². The molecule has 0 aliphatic rings. The molecule has 0 bridgehead atoms. The number of rotatable bonds is 10. The molecular formula is C24H27N5O. The molecule has 30 heavy (non-hydrogen) atoms. The number of hydrogen-bond acceptors (Lipinski definition) is 4. The smallest absolute Gasteiger partial charge is 0.144 e. The molecule has 6 heteroatoms. The maximum Gasteiger partial charge on any atom is 0.144 e. The number of pyridine rings is 1. The van der Waals surface area contributed by atoms with Crippen LogP contribution < -0.4 is 5.32 Å². The Bertz CT molecular complexity index is 1110. The fourth-order valence-electron chi connectivity index (χ4n) is 3.60. The normalized spacial score (nSPS) is 11.1. The van der Waals surface area contributed by atoms with Crippen LogP contribution in [0.5, 0.6) is 5.75 Å². The first kappa shape index (κ1) is 19.8. The topological polar surface area (TPSA) is 67.9 Å². The van der Waals surface area contributed by atoms with Crippen molar-refractivity contribution in [2.75, 3.05) is 6.54 Å². The predicted octanol–water partition coefficient (Wildman–Crippen LogP) is 4.42. The Hall–Kier alpha value is -3.54. The van der Waals surface area contributed by atoms with E-state index in [-0.39, 0.29) is 5.75 Å². The minimum atomic E-state index is 0.272. The summed E-state index contributed by atoms with van der Waals surface area (Å²) in [6, 6.07) is 11.5. The zero-order chi connectivity index (χ0) is 20.8. The molecule has 0 radical (unpaired) electrons. The standard InChI is InChI=1S/C24H27N5O/c1-2-25-12-5-3-4-6-20-14-21-11-13-29(24(21)26-15-20)22-16-27-28(18-22)17-19-7-9-23(30)10-8-19/h2,7-11,13-16,18,25,30H,1,3-6,12,17H2. The van der Waals surface area contributed by atoms with Gasteiger partial charge in [0, 0.05) is 30.5 Å². The van der Waals surface area contributed by atoms with Crippen molar-refractivity contribution >= 4 is 11.0 Å². The molecule has 3 aromatic heterocycles. The highest BCUT2D eigenvalue weighted by molar-refractivity contribution is 5.78. The van der Waals surface area contributed by atoms with Gasteiger partial charge >= 0.3 is 0 Å². The molecule has 0 spiro atoms. The van der Waals surface area contributed by atoms with E-state index in [0.717, 1.165) is 48.1 Å². The fourth-order valence-corrected chi connectivity index (χ4v) is 3.60. The average Bonchev–Trinajstić information content (AvgIpc) is 3.38. The van der Waals surface area contributed by atoms with Gasteiger partial charge in [0.25, 0.3) is 0 Å². The summed E-state index contributed by atoms with van der Waals surface area (Å²) in [6.45, 7) is 5.31. The van der Waals surface area contributed by atoms with E-state index in [9.17, 15) is 5.11 Å². The van der Waals surface area contributed by atoms with Gasteiger partial charge in [0.15, 0.2) is 0 Å². The second kappa shape index (κ2) is 9.31. The summed E-state index contributed by atoms with van der Waals surface area (Å²) in [5.41, 5.74) is 4.29. The molecule has 0 saturated heterocycles. The van der Waals surface area contributed by atoms with Crippen molar-refractivity contribution in [1.29, 1.82) is 0 Å². The van der Waals surface area contributed by atoms with Gasteiger partial charge in [0.05, 0.1) is 18.4 Å². The number of hydrogen-bond donors (Lipinski definition) is 2. The van der Waals surface area contributed by atoms with E-state index in [2.05, 4.69) is 33.7 Å². The zero-order valence-electron chi connectivity index (χ0n) is 17.0. The van der Waals surface area contributed by atoms with Crippen molar-refractivity contribution in [3.05, 3.63) is 85.1 Å². The van der Waals surface area contributed by atoms with E-state index < -0.39 is 0 Å². The van der Waals surface area contributed by atoms with Crippen LogP contribution in [0.4, 0.5) is 0 Å². The Morgan fingerprint density at radius 1 is 1.03 bits per heavy atom. The van der Waals surface area contributed by atoms with Crippen LogP contribution in [0.15, 0.2) is 74.0 Å². The molecule has 3 heterocycles. The highest BCUT2D eigenvalue weighted by atomic mass is 16.3. The van der Waals surface area contributed by atoms with Gasteiger partial charge < -0.3 is 10.4 Å². The third-order valence-electron chi connectivity index (χ3n) is 5.19. The predicted molar refractivity (Wildman–Crippen MR) is 120 cm³/mol. The Labute approximate surface area is 176 Å². The third kappa shape index (κ3) is 4.71. The first-order chi connectivity index (χ1) is 14.7. The summed E-state index contributed by atoms with van der Waals surface area (Å²) in [7, 11) is 0. The second-order valence-electron chi connectivity index (χ2n) is 7.47. The van der Waals surface area contributed by atoms with Gasteiger partial charge in [0.1, 0.15) is 11.4 Å². The number of aromatic hydroxyl groups is 1. The fraction of sp³-hybridized carbons (Fsp3) is 0.250. The van der Waals surface area contributed by atoms with Crippen LogP contribution in [0.3, 0.4) is 0 Å². The van der Waals surface area contributed by atoms with Crippen molar-refractivity contribution in [2.45, 2.75) is 32.2 Å². The monoisotopic (exact) mass is 401 g/mol. The van der Waals surface area contributed by atoms with Crippen molar-refractivity contribution in [1.82, 2.24) is 24.6 Å². The summed E-state index contributed by atoms with van der Waals surface area (Å²) < 4.78 is 3.96. The lowest BCUT2D eigenvalue weighted by Gasteiger charge is -2.05. The molecule has 0 aliphatic carbocycles. The molecule has 4 aromatic rings. The van der Waals surface area contributed by atoms with E-state index in [1.54, 1.807) is 18.3 Å². The first-order valence-electron chi connectivity index (χ1n) is 10.3. The van der Waals surface area contributed by atoms with Crippen molar-refractivity contribution in [3.8, 4) is 11.4 Å². The van der Waals surface area contributed by atoms with E-state index in [4.69, 9.17) is 4.98 Å². The second-order valence-corrected chi connectivity index (χ2v) is 7.47. The summed E-state index contributed by atoms with van der Waals surface area (Å²) >= 11 is 0. The largest absolute Gasteiger partial charge is 0.508 e. The number of phenols is 1. The van der Waals surface area contributed by atoms with E-state index >= 15 is 0 Å². The molecular weight excluding hydrogens is 374 g/mol. The Balaban J connectivity index is 1.42. The number of aryl methyl sites for hydroxylation is 1. The van der Waals surface area contributed by atoms with Gasteiger partial charge in [-0.05, 0) is 60.9 Å². The van der Waals surface area contributed by atoms with Gasteiger partial charge in [-0.2, -0.15) is 5.10 Å². The maximum absolute atomic E-state index is 9.42. The number of phenolic OH excluding ortho intramolecular Hbond substituents is 1. The Morgan fingerprint density at radius 2 is 1.90 bits per heavy atom. The number of nitrogens with zero attached hydrogens (tertiary/aromatic N) is 4. The van der Waals surface area contributed by atoms with Crippen LogP contribution in [0, 0.1) is 0 Å². The number of benzene rings is 1. The molecule has 0 saturated carbocycles. The lowest BCUT2D eigenvalue weighted by molar-refractivity contribution is 0.475.